The molecule has 1 aliphatic rings. The van der Waals surface area contributed by atoms with Crippen LogP contribution in [0.1, 0.15) is 26.7 Å². The van der Waals surface area contributed by atoms with Gasteiger partial charge in [-0.2, -0.15) is 4.39 Å². The van der Waals surface area contributed by atoms with Gasteiger partial charge in [-0.25, -0.2) is 0 Å². The number of methoxy groups -OCH3 is 1. The van der Waals surface area contributed by atoms with Gasteiger partial charge < -0.3 is 9.64 Å². The lowest BCUT2D eigenvalue weighted by Gasteiger charge is -2.40. The van der Waals surface area contributed by atoms with Crippen LogP contribution in [0.3, 0.4) is 0 Å². The molecule has 23 heavy (non-hydrogen) atoms. The van der Waals surface area contributed by atoms with Crippen LogP contribution >= 0.6 is 0 Å². The summed E-state index contributed by atoms with van der Waals surface area (Å²) in [6, 6.07) is 4.10. The Morgan fingerprint density at radius 1 is 1.48 bits per heavy atom. The topological polar surface area (TPSA) is 72.7 Å². The van der Waals surface area contributed by atoms with E-state index in [1.54, 1.807) is 11.0 Å². The highest BCUT2D eigenvalue weighted by molar-refractivity contribution is 5.76. The first-order valence-corrected chi connectivity index (χ1v) is 7.55. The number of rotatable bonds is 4. The lowest BCUT2D eigenvalue weighted by molar-refractivity contribution is -0.386. The largest absolute Gasteiger partial charge is 0.469 e. The maximum absolute atomic E-state index is 13.8. The standard InChI is InChI=1S/C16H21FN2O4/c1-16(2,15(20)23-3)11-6-5-9-18(10-11)13-8-4-7-12(17)14(13)19(21)22/h4,7-8,11H,5-6,9-10H2,1-3H3. The molecular formula is C16H21FN2O4. The molecule has 0 saturated carbocycles. The van der Waals surface area contributed by atoms with Crippen molar-refractivity contribution in [3.63, 3.8) is 0 Å². The van der Waals surface area contributed by atoms with E-state index in [1.807, 2.05) is 13.8 Å². The fourth-order valence-electron chi connectivity index (χ4n) is 3.15. The molecule has 0 aliphatic carbocycles. The predicted octanol–water partition coefficient (Wildman–Crippen LogP) is 3.15. The first kappa shape index (κ1) is 17.2. The molecule has 1 aliphatic heterocycles. The second-order valence-electron chi connectivity index (χ2n) is 6.36. The molecule has 2 rings (SSSR count). The van der Waals surface area contributed by atoms with Crippen molar-refractivity contribution in [3.8, 4) is 0 Å². The number of nitro groups is 1. The molecule has 6 nitrogen and oxygen atoms in total. The van der Waals surface area contributed by atoms with E-state index in [2.05, 4.69) is 0 Å². The number of para-hydroxylation sites is 1. The van der Waals surface area contributed by atoms with E-state index in [9.17, 15) is 19.3 Å². The summed E-state index contributed by atoms with van der Waals surface area (Å²) in [5, 5.41) is 11.2. The van der Waals surface area contributed by atoms with Gasteiger partial charge >= 0.3 is 11.7 Å². The number of halogens is 1. The average molecular weight is 324 g/mol. The minimum atomic E-state index is -0.846. The van der Waals surface area contributed by atoms with Gasteiger partial charge in [0, 0.05) is 13.1 Å². The van der Waals surface area contributed by atoms with Crippen LogP contribution in [0.5, 0.6) is 0 Å². The van der Waals surface area contributed by atoms with E-state index in [4.69, 9.17) is 4.74 Å². The van der Waals surface area contributed by atoms with Crippen LogP contribution in [0.2, 0.25) is 0 Å². The van der Waals surface area contributed by atoms with Gasteiger partial charge in [-0.15, -0.1) is 0 Å². The minimum absolute atomic E-state index is 0.0217. The van der Waals surface area contributed by atoms with Crippen molar-refractivity contribution in [1.82, 2.24) is 0 Å². The summed E-state index contributed by atoms with van der Waals surface area (Å²) >= 11 is 0. The Hall–Kier alpha value is -2.18. The molecule has 126 valence electrons. The summed E-state index contributed by atoms with van der Waals surface area (Å²) in [6.45, 7) is 4.67. The number of carbonyl (C=O) groups excluding carboxylic acids is 1. The normalized spacial score (nSPS) is 18.6. The molecule has 0 radical (unpaired) electrons. The number of benzene rings is 1. The summed E-state index contributed by atoms with van der Waals surface area (Å²) in [4.78, 5) is 24.3. The second-order valence-corrected chi connectivity index (χ2v) is 6.36. The van der Waals surface area contributed by atoms with Crippen molar-refractivity contribution in [2.24, 2.45) is 11.3 Å². The van der Waals surface area contributed by atoms with Gasteiger partial charge in [0.05, 0.1) is 17.4 Å². The quantitative estimate of drug-likeness (QED) is 0.483. The van der Waals surface area contributed by atoms with Gasteiger partial charge in [0.15, 0.2) is 0 Å². The predicted molar refractivity (Wildman–Crippen MR) is 83.8 cm³/mol. The molecule has 1 aromatic carbocycles. The number of ether oxygens (including phenoxy) is 1. The minimum Gasteiger partial charge on any atom is -0.469 e. The van der Waals surface area contributed by atoms with Crippen molar-refractivity contribution in [2.75, 3.05) is 25.1 Å². The first-order valence-electron chi connectivity index (χ1n) is 7.55. The molecule has 1 saturated heterocycles. The van der Waals surface area contributed by atoms with Crippen LogP contribution in [0, 0.1) is 27.3 Å². The molecule has 0 bridgehead atoms. The van der Waals surface area contributed by atoms with Crippen molar-refractivity contribution in [2.45, 2.75) is 26.7 Å². The molecule has 1 fully saturated rings. The Morgan fingerprint density at radius 3 is 2.78 bits per heavy atom. The van der Waals surface area contributed by atoms with Crippen molar-refractivity contribution in [3.05, 3.63) is 34.1 Å². The van der Waals surface area contributed by atoms with E-state index >= 15 is 0 Å². The highest BCUT2D eigenvalue weighted by Gasteiger charge is 2.41. The molecule has 1 unspecified atom stereocenters. The van der Waals surface area contributed by atoms with Crippen LogP contribution in [0.15, 0.2) is 18.2 Å². The number of hydrogen-bond donors (Lipinski definition) is 0. The fraction of sp³-hybridized carbons (Fsp3) is 0.562. The van der Waals surface area contributed by atoms with Crippen LogP contribution < -0.4 is 4.90 Å². The zero-order valence-electron chi connectivity index (χ0n) is 13.5. The van der Waals surface area contributed by atoms with Gasteiger partial charge in [-0.05, 0) is 44.7 Å². The van der Waals surface area contributed by atoms with Gasteiger partial charge in [0.2, 0.25) is 5.82 Å². The van der Waals surface area contributed by atoms with E-state index in [1.165, 1.54) is 13.2 Å². The van der Waals surface area contributed by atoms with Gasteiger partial charge in [0.25, 0.3) is 0 Å². The summed E-state index contributed by atoms with van der Waals surface area (Å²) in [5.41, 5.74) is -0.945. The summed E-state index contributed by atoms with van der Waals surface area (Å²) in [7, 11) is 1.35. The number of nitro benzene ring substituents is 1. The van der Waals surface area contributed by atoms with Crippen molar-refractivity contribution in [1.29, 1.82) is 0 Å². The molecule has 0 aromatic heterocycles. The number of nitrogens with zero attached hydrogens (tertiary/aromatic N) is 2. The van der Waals surface area contributed by atoms with Crippen LogP contribution in [0.4, 0.5) is 15.8 Å². The molecule has 1 heterocycles. The Balaban J connectivity index is 2.31. The average Bonchev–Trinajstić information content (AvgIpc) is 2.53. The van der Waals surface area contributed by atoms with Crippen molar-refractivity contribution < 1.29 is 18.8 Å². The van der Waals surface area contributed by atoms with Crippen molar-refractivity contribution >= 4 is 17.3 Å². The summed E-state index contributed by atoms with van der Waals surface area (Å²) in [6.07, 6.45) is 1.60. The third-order valence-electron chi connectivity index (χ3n) is 4.64. The van der Waals surface area contributed by atoms with Gasteiger partial charge in [-0.3, -0.25) is 14.9 Å². The molecule has 7 heteroatoms. The SMILES string of the molecule is COC(=O)C(C)(C)C1CCCN(c2cccc(F)c2[N+](=O)[O-])C1. The third kappa shape index (κ3) is 3.28. The second kappa shape index (κ2) is 6.52. The van der Waals surface area contributed by atoms with E-state index in [0.717, 1.165) is 18.9 Å². The monoisotopic (exact) mass is 324 g/mol. The maximum atomic E-state index is 13.8. The molecule has 1 aromatic rings. The zero-order chi connectivity index (χ0) is 17.2. The van der Waals surface area contributed by atoms with Crippen LogP contribution in [-0.4, -0.2) is 31.1 Å². The smallest absolute Gasteiger partial charge is 0.327 e. The maximum Gasteiger partial charge on any atom is 0.327 e. The number of esters is 1. The van der Waals surface area contributed by atoms with Gasteiger partial charge in [-0.1, -0.05) is 6.07 Å². The van der Waals surface area contributed by atoms with Gasteiger partial charge in [0.1, 0.15) is 5.69 Å². The Kier molecular flexibility index (Phi) is 4.87. The number of carbonyl (C=O) groups is 1. The highest BCUT2D eigenvalue weighted by Crippen LogP contribution is 2.39. The number of piperidine rings is 1. The fourth-order valence-corrected chi connectivity index (χ4v) is 3.15. The molecular weight excluding hydrogens is 303 g/mol. The summed E-state index contributed by atoms with van der Waals surface area (Å²) < 4.78 is 18.7. The lowest BCUT2D eigenvalue weighted by atomic mass is 9.74. The molecule has 0 N–H and O–H groups in total. The van der Waals surface area contributed by atoms with E-state index < -0.39 is 21.8 Å². The number of hydrogen-bond acceptors (Lipinski definition) is 5. The number of anilines is 1. The zero-order valence-corrected chi connectivity index (χ0v) is 13.5. The summed E-state index contributed by atoms with van der Waals surface area (Å²) in [5.74, 6) is -1.17. The Labute approximate surface area is 134 Å². The third-order valence-corrected chi connectivity index (χ3v) is 4.64. The Bertz CT molecular complexity index is 618. The van der Waals surface area contributed by atoms with E-state index in [0.29, 0.717) is 13.1 Å². The van der Waals surface area contributed by atoms with Crippen LogP contribution in [-0.2, 0) is 9.53 Å². The molecule has 0 amide bonds. The molecule has 1 atom stereocenters. The van der Waals surface area contributed by atoms with Crippen LogP contribution in [0.25, 0.3) is 0 Å². The molecule has 0 spiro atoms. The lowest BCUT2D eigenvalue weighted by Crippen LogP contribution is -2.45. The Morgan fingerprint density at radius 2 is 2.17 bits per heavy atom. The van der Waals surface area contributed by atoms with E-state index in [-0.39, 0.29) is 17.6 Å². The first-order chi connectivity index (χ1) is 10.8. The highest BCUT2D eigenvalue weighted by atomic mass is 19.1.